The van der Waals surface area contributed by atoms with Crippen LogP contribution in [0.15, 0.2) is 48.9 Å². The highest BCUT2D eigenvalue weighted by molar-refractivity contribution is 5.79. The number of anilines is 1. The molecule has 0 radical (unpaired) electrons. The minimum absolute atomic E-state index is 0.111. The molecule has 1 saturated carbocycles. The van der Waals surface area contributed by atoms with Crippen LogP contribution >= 0.6 is 0 Å². The SMILES string of the molecule is O=C(NCC1(c2ccccc2)CC1)C1CCN(c2cnccn2)CC1. The zero-order valence-corrected chi connectivity index (χ0v) is 14.4. The molecule has 1 saturated heterocycles. The van der Waals surface area contributed by atoms with E-state index in [2.05, 4.69) is 44.5 Å². The molecule has 130 valence electrons. The van der Waals surface area contributed by atoms with E-state index in [1.165, 1.54) is 18.4 Å². The molecule has 1 aliphatic heterocycles. The maximum Gasteiger partial charge on any atom is 0.223 e. The summed E-state index contributed by atoms with van der Waals surface area (Å²) in [6, 6.07) is 10.6. The molecule has 1 aliphatic carbocycles. The van der Waals surface area contributed by atoms with Gasteiger partial charge in [-0.1, -0.05) is 30.3 Å². The van der Waals surface area contributed by atoms with Gasteiger partial charge >= 0.3 is 0 Å². The lowest BCUT2D eigenvalue weighted by molar-refractivity contribution is -0.125. The molecule has 4 rings (SSSR count). The first kappa shape index (κ1) is 16.1. The Labute approximate surface area is 148 Å². The van der Waals surface area contributed by atoms with Crippen LogP contribution in [-0.2, 0) is 10.2 Å². The Morgan fingerprint density at radius 1 is 1.16 bits per heavy atom. The van der Waals surface area contributed by atoms with Gasteiger partial charge in [-0.25, -0.2) is 4.98 Å². The van der Waals surface area contributed by atoms with E-state index in [1.54, 1.807) is 18.6 Å². The summed E-state index contributed by atoms with van der Waals surface area (Å²) in [4.78, 5) is 23.3. The molecule has 2 aliphatic rings. The van der Waals surface area contributed by atoms with Crippen molar-refractivity contribution in [3.8, 4) is 0 Å². The van der Waals surface area contributed by atoms with Gasteiger partial charge in [-0.3, -0.25) is 9.78 Å². The first-order valence-corrected chi connectivity index (χ1v) is 9.11. The second-order valence-electron chi connectivity index (χ2n) is 7.19. The molecule has 5 heteroatoms. The van der Waals surface area contributed by atoms with Crippen molar-refractivity contribution in [1.82, 2.24) is 15.3 Å². The minimum atomic E-state index is 0.111. The van der Waals surface area contributed by atoms with Crippen molar-refractivity contribution in [2.45, 2.75) is 31.1 Å². The van der Waals surface area contributed by atoms with Crippen LogP contribution in [0.3, 0.4) is 0 Å². The molecular weight excluding hydrogens is 312 g/mol. The van der Waals surface area contributed by atoms with Crippen molar-refractivity contribution in [3.63, 3.8) is 0 Å². The Morgan fingerprint density at radius 3 is 2.56 bits per heavy atom. The first-order chi connectivity index (χ1) is 12.3. The molecule has 1 aromatic heterocycles. The largest absolute Gasteiger partial charge is 0.355 e. The van der Waals surface area contributed by atoms with Crippen LogP contribution in [0, 0.1) is 5.92 Å². The normalized spacial score (nSPS) is 19.4. The van der Waals surface area contributed by atoms with E-state index in [1.807, 2.05) is 6.07 Å². The third-order valence-electron chi connectivity index (χ3n) is 5.58. The number of rotatable bonds is 5. The van der Waals surface area contributed by atoms with Gasteiger partial charge in [0.05, 0.1) is 6.20 Å². The molecule has 0 atom stereocenters. The second-order valence-corrected chi connectivity index (χ2v) is 7.19. The van der Waals surface area contributed by atoms with Crippen LogP contribution in [0.4, 0.5) is 5.82 Å². The molecule has 2 fully saturated rings. The summed E-state index contributed by atoms with van der Waals surface area (Å²) in [7, 11) is 0. The highest BCUT2D eigenvalue weighted by atomic mass is 16.1. The Bertz CT molecular complexity index is 707. The second kappa shape index (κ2) is 6.82. The van der Waals surface area contributed by atoms with Crippen molar-refractivity contribution in [2.24, 2.45) is 5.92 Å². The maximum atomic E-state index is 12.6. The third-order valence-corrected chi connectivity index (χ3v) is 5.58. The summed E-state index contributed by atoms with van der Waals surface area (Å²) < 4.78 is 0. The predicted molar refractivity (Wildman–Crippen MR) is 97.3 cm³/mol. The lowest BCUT2D eigenvalue weighted by Gasteiger charge is -2.32. The smallest absolute Gasteiger partial charge is 0.223 e. The van der Waals surface area contributed by atoms with Crippen molar-refractivity contribution >= 4 is 11.7 Å². The summed E-state index contributed by atoms with van der Waals surface area (Å²) >= 11 is 0. The van der Waals surface area contributed by atoms with E-state index in [9.17, 15) is 4.79 Å². The zero-order valence-electron chi connectivity index (χ0n) is 14.4. The Balaban J connectivity index is 1.29. The number of nitrogens with one attached hydrogen (secondary N) is 1. The lowest BCUT2D eigenvalue weighted by Crippen LogP contribution is -2.42. The van der Waals surface area contributed by atoms with Crippen molar-refractivity contribution in [2.75, 3.05) is 24.5 Å². The molecule has 2 heterocycles. The quantitative estimate of drug-likeness (QED) is 0.912. The zero-order chi connectivity index (χ0) is 17.1. The average molecular weight is 336 g/mol. The molecule has 1 N–H and O–H groups in total. The standard InChI is InChI=1S/C20H24N4O/c25-19(23-15-20(8-9-20)17-4-2-1-3-5-17)16-6-12-24(13-7-16)18-14-21-10-11-22-18/h1-5,10-11,14,16H,6-9,12-13,15H2,(H,23,25). The van der Waals surface area contributed by atoms with Crippen molar-refractivity contribution < 1.29 is 4.79 Å². The van der Waals surface area contributed by atoms with Crippen molar-refractivity contribution in [1.29, 1.82) is 0 Å². The predicted octanol–water partition coefficient (Wildman–Crippen LogP) is 2.54. The van der Waals surface area contributed by atoms with E-state index in [-0.39, 0.29) is 17.2 Å². The van der Waals surface area contributed by atoms with Gasteiger partial charge in [0.25, 0.3) is 0 Å². The van der Waals surface area contributed by atoms with Crippen LogP contribution in [0.1, 0.15) is 31.2 Å². The molecule has 5 nitrogen and oxygen atoms in total. The Morgan fingerprint density at radius 2 is 1.92 bits per heavy atom. The Hall–Kier alpha value is -2.43. The molecular formula is C20H24N4O. The van der Waals surface area contributed by atoms with Gasteiger partial charge in [0, 0.05) is 43.4 Å². The number of hydrogen-bond acceptors (Lipinski definition) is 4. The number of benzene rings is 1. The van der Waals surface area contributed by atoms with Gasteiger partial charge in [0.1, 0.15) is 5.82 Å². The molecule has 25 heavy (non-hydrogen) atoms. The van der Waals surface area contributed by atoms with Gasteiger partial charge < -0.3 is 10.2 Å². The number of piperidine rings is 1. The molecule has 0 spiro atoms. The van der Waals surface area contributed by atoms with Crippen LogP contribution in [0.2, 0.25) is 0 Å². The van der Waals surface area contributed by atoms with Crippen molar-refractivity contribution in [3.05, 3.63) is 54.5 Å². The van der Waals surface area contributed by atoms with Gasteiger partial charge in [0.15, 0.2) is 0 Å². The fraction of sp³-hybridized carbons (Fsp3) is 0.450. The number of carbonyl (C=O) groups is 1. The molecule has 1 amide bonds. The van der Waals surface area contributed by atoms with Gasteiger partial charge in [-0.2, -0.15) is 0 Å². The van der Waals surface area contributed by atoms with Crippen LogP contribution < -0.4 is 10.2 Å². The third kappa shape index (κ3) is 3.50. The number of hydrogen-bond donors (Lipinski definition) is 1. The topological polar surface area (TPSA) is 58.1 Å². The molecule has 2 aromatic rings. The van der Waals surface area contributed by atoms with Crippen LogP contribution in [0.5, 0.6) is 0 Å². The van der Waals surface area contributed by atoms with E-state index >= 15 is 0 Å². The maximum absolute atomic E-state index is 12.6. The number of nitrogens with zero attached hydrogens (tertiary/aromatic N) is 3. The molecule has 0 bridgehead atoms. The summed E-state index contributed by atoms with van der Waals surface area (Å²) in [5, 5.41) is 3.22. The molecule has 1 aromatic carbocycles. The lowest BCUT2D eigenvalue weighted by atomic mass is 9.93. The highest BCUT2D eigenvalue weighted by Gasteiger charge is 2.44. The average Bonchev–Trinajstić information content (AvgIpc) is 3.49. The monoisotopic (exact) mass is 336 g/mol. The van der Waals surface area contributed by atoms with E-state index in [0.717, 1.165) is 38.3 Å². The first-order valence-electron chi connectivity index (χ1n) is 9.11. The van der Waals surface area contributed by atoms with Crippen LogP contribution in [-0.4, -0.2) is 35.5 Å². The molecule has 0 unspecified atom stereocenters. The highest BCUT2D eigenvalue weighted by Crippen LogP contribution is 2.47. The van der Waals surface area contributed by atoms with Gasteiger partial charge in [-0.15, -0.1) is 0 Å². The summed E-state index contributed by atoms with van der Waals surface area (Å²) in [6.45, 7) is 2.49. The van der Waals surface area contributed by atoms with E-state index in [4.69, 9.17) is 0 Å². The fourth-order valence-electron chi connectivity index (χ4n) is 3.74. The van der Waals surface area contributed by atoms with Crippen LogP contribution in [0.25, 0.3) is 0 Å². The Kier molecular flexibility index (Phi) is 4.38. The summed E-state index contributed by atoms with van der Waals surface area (Å²) in [5.41, 5.74) is 1.53. The van der Waals surface area contributed by atoms with Gasteiger partial charge in [0.2, 0.25) is 5.91 Å². The number of aromatic nitrogens is 2. The fourth-order valence-corrected chi connectivity index (χ4v) is 3.74. The minimum Gasteiger partial charge on any atom is -0.355 e. The van der Waals surface area contributed by atoms with E-state index < -0.39 is 0 Å². The van der Waals surface area contributed by atoms with Gasteiger partial charge in [-0.05, 0) is 31.2 Å². The number of amides is 1. The summed E-state index contributed by atoms with van der Waals surface area (Å²) in [6.07, 6.45) is 9.28. The van der Waals surface area contributed by atoms with E-state index in [0.29, 0.717) is 0 Å². The number of carbonyl (C=O) groups excluding carboxylic acids is 1. The summed E-state index contributed by atoms with van der Waals surface area (Å²) in [5.74, 6) is 1.22.